The molecule has 19 heavy (non-hydrogen) atoms. The number of aryl methyl sites for hydroxylation is 1. The van der Waals surface area contributed by atoms with E-state index in [2.05, 4.69) is 15.1 Å². The summed E-state index contributed by atoms with van der Waals surface area (Å²) >= 11 is 1.59. The second-order valence-corrected chi connectivity index (χ2v) is 6.21. The average Bonchev–Trinajstić information content (AvgIpc) is 2.83. The number of ether oxygens (including phenoxy) is 1. The average molecular weight is 284 g/mol. The lowest BCUT2D eigenvalue weighted by Crippen LogP contribution is -2.49. The number of aromatic nitrogens is 2. The van der Waals surface area contributed by atoms with Gasteiger partial charge >= 0.3 is 6.09 Å². The molecule has 1 fully saturated rings. The normalized spacial score (nSPS) is 16.0. The summed E-state index contributed by atoms with van der Waals surface area (Å²) in [6.07, 6.45) is -0.207. The number of rotatable bonds is 3. The van der Waals surface area contributed by atoms with E-state index >= 15 is 0 Å². The van der Waals surface area contributed by atoms with E-state index in [0.29, 0.717) is 25.6 Å². The van der Waals surface area contributed by atoms with Gasteiger partial charge in [0.2, 0.25) is 5.13 Å². The van der Waals surface area contributed by atoms with E-state index in [9.17, 15) is 4.79 Å². The van der Waals surface area contributed by atoms with Crippen molar-refractivity contribution in [2.24, 2.45) is 5.92 Å². The maximum atomic E-state index is 11.8. The smallest absolute Gasteiger partial charge is 0.409 e. The number of amides is 1. The Morgan fingerprint density at radius 3 is 2.53 bits per heavy atom. The first-order valence-corrected chi connectivity index (χ1v) is 7.34. The lowest BCUT2D eigenvalue weighted by atomic mass is 10.2. The van der Waals surface area contributed by atoms with Gasteiger partial charge in [-0.2, -0.15) is 0 Å². The predicted octanol–water partition coefficient (Wildman–Crippen LogP) is 1.76. The van der Waals surface area contributed by atoms with E-state index in [4.69, 9.17) is 4.74 Å². The Bertz CT molecular complexity index is 427. The summed E-state index contributed by atoms with van der Waals surface area (Å²) in [4.78, 5) is 15.7. The maximum Gasteiger partial charge on any atom is 0.409 e. The van der Waals surface area contributed by atoms with Crippen LogP contribution in [-0.2, 0) is 4.74 Å². The molecule has 0 bridgehead atoms. The molecule has 0 atom stereocenters. The Balaban J connectivity index is 1.80. The first-order chi connectivity index (χ1) is 9.06. The van der Waals surface area contributed by atoms with Crippen LogP contribution < -0.4 is 4.90 Å². The number of carbonyl (C=O) groups is 1. The van der Waals surface area contributed by atoms with Crippen LogP contribution >= 0.6 is 11.3 Å². The standard InChI is InChI=1S/C12H20N4O2S/c1-9(2)8-18-12(17)16-6-4-15(5-7-16)11-14-13-10(3)19-11/h9H,4-8H2,1-3H3. The van der Waals surface area contributed by atoms with Crippen molar-refractivity contribution in [2.45, 2.75) is 20.8 Å². The fourth-order valence-corrected chi connectivity index (χ4v) is 2.56. The summed E-state index contributed by atoms with van der Waals surface area (Å²) in [5.74, 6) is 0.370. The van der Waals surface area contributed by atoms with E-state index in [0.717, 1.165) is 23.2 Å². The summed E-state index contributed by atoms with van der Waals surface area (Å²) in [7, 11) is 0. The molecule has 0 saturated carbocycles. The summed E-state index contributed by atoms with van der Waals surface area (Å²) in [5.41, 5.74) is 0. The van der Waals surface area contributed by atoms with Crippen LogP contribution in [0, 0.1) is 12.8 Å². The van der Waals surface area contributed by atoms with Gasteiger partial charge in [0.05, 0.1) is 6.61 Å². The molecule has 0 N–H and O–H groups in total. The third kappa shape index (κ3) is 3.79. The zero-order valence-corrected chi connectivity index (χ0v) is 12.4. The van der Waals surface area contributed by atoms with E-state index in [1.54, 1.807) is 16.2 Å². The minimum Gasteiger partial charge on any atom is -0.449 e. The van der Waals surface area contributed by atoms with Crippen LogP contribution in [0.3, 0.4) is 0 Å². The topological polar surface area (TPSA) is 58.6 Å². The van der Waals surface area contributed by atoms with Crippen LogP contribution in [0.2, 0.25) is 0 Å². The van der Waals surface area contributed by atoms with Crippen LogP contribution in [0.4, 0.5) is 9.93 Å². The monoisotopic (exact) mass is 284 g/mol. The molecule has 0 aliphatic carbocycles. The van der Waals surface area contributed by atoms with Gasteiger partial charge in [0.1, 0.15) is 5.01 Å². The number of carbonyl (C=O) groups excluding carboxylic acids is 1. The molecule has 7 heteroatoms. The molecular weight excluding hydrogens is 264 g/mol. The summed E-state index contributed by atoms with van der Waals surface area (Å²) < 4.78 is 5.23. The summed E-state index contributed by atoms with van der Waals surface area (Å²) in [6, 6.07) is 0. The molecule has 1 amide bonds. The molecule has 1 aliphatic heterocycles. The molecule has 1 saturated heterocycles. The highest BCUT2D eigenvalue weighted by Gasteiger charge is 2.23. The highest BCUT2D eigenvalue weighted by Crippen LogP contribution is 2.20. The zero-order valence-electron chi connectivity index (χ0n) is 11.6. The van der Waals surface area contributed by atoms with Crippen LogP contribution in [0.5, 0.6) is 0 Å². The number of piperazine rings is 1. The predicted molar refractivity (Wildman–Crippen MR) is 74.6 cm³/mol. The molecule has 6 nitrogen and oxygen atoms in total. The van der Waals surface area contributed by atoms with E-state index in [-0.39, 0.29) is 6.09 Å². The molecular formula is C12H20N4O2S. The highest BCUT2D eigenvalue weighted by molar-refractivity contribution is 7.15. The summed E-state index contributed by atoms with van der Waals surface area (Å²) in [6.45, 7) is 9.41. The largest absolute Gasteiger partial charge is 0.449 e. The molecule has 0 aromatic carbocycles. The second-order valence-electron chi connectivity index (χ2n) is 5.05. The molecule has 1 aliphatic rings. The van der Waals surface area contributed by atoms with Crippen molar-refractivity contribution in [1.82, 2.24) is 15.1 Å². The molecule has 0 radical (unpaired) electrons. The molecule has 1 aromatic rings. The zero-order chi connectivity index (χ0) is 13.8. The van der Waals surface area contributed by atoms with Gasteiger partial charge in [-0.3, -0.25) is 0 Å². The molecule has 2 rings (SSSR count). The van der Waals surface area contributed by atoms with Crippen molar-refractivity contribution in [3.63, 3.8) is 0 Å². The van der Waals surface area contributed by atoms with E-state index in [1.807, 2.05) is 20.8 Å². The number of nitrogens with zero attached hydrogens (tertiary/aromatic N) is 4. The fourth-order valence-electron chi connectivity index (χ4n) is 1.82. The van der Waals surface area contributed by atoms with Gasteiger partial charge in [0.15, 0.2) is 0 Å². The number of hydrogen-bond acceptors (Lipinski definition) is 6. The van der Waals surface area contributed by atoms with E-state index in [1.165, 1.54) is 0 Å². The third-order valence-corrected chi connectivity index (χ3v) is 3.76. The Hall–Kier alpha value is -1.37. The van der Waals surface area contributed by atoms with Crippen LogP contribution in [0.1, 0.15) is 18.9 Å². The second kappa shape index (κ2) is 6.18. The first kappa shape index (κ1) is 14.0. The molecule has 0 unspecified atom stereocenters. The molecule has 106 valence electrons. The summed E-state index contributed by atoms with van der Waals surface area (Å²) in [5, 5.41) is 10.0. The molecule has 0 spiro atoms. The van der Waals surface area contributed by atoms with Crippen LogP contribution in [0.15, 0.2) is 0 Å². The van der Waals surface area contributed by atoms with Gasteiger partial charge in [-0.15, -0.1) is 10.2 Å². The quantitative estimate of drug-likeness (QED) is 0.846. The lowest BCUT2D eigenvalue weighted by Gasteiger charge is -2.33. The highest BCUT2D eigenvalue weighted by atomic mass is 32.1. The van der Waals surface area contributed by atoms with Crippen LogP contribution in [0.25, 0.3) is 0 Å². The first-order valence-electron chi connectivity index (χ1n) is 6.53. The van der Waals surface area contributed by atoms with Gasteiger partial charge in [-0.25, -0.2) is 4.79 Å². The van der Waals surface area contributed by atoms with Gasteiger partial charge in [-0.1, -0.05) is 25.2 Å². The lowest BCUT2D eigenvalue weighted by molar-refractivity contribution is 0.0901. The van der Waals surface area contributed by atoms with Crippen molar-refractivity contribution >= 4 is 22.6 Å². The third-order valence-electron chi connectivity index (χ3n) is 2.86. The van der Waals surface area contributed by atoms with Crippen molar-refractivity contribution in [2.75, 3.05) is 37.7 Å². The Morgan fingerprint density at radius 1 is 1.32 bits per heavy atom. The van der Waals surface area contributed by atoms with Crippen LogP contribution in [-0.4, -0.2) is 54.0 Å². The Kier molecular flexibility index (Phi) is 4.57. The minimum absolute atomic E-state index is 0.207. The van der Waals surface area contributed by atoms with Gasteiger partial charge in [0, 0.05) is 26.2 Å². The molecule has 1 aromatic heterocycles. The Labute approximate surface area is 117 Å². The molecule has 2 heterocycles. The SMILES string of the molecule is Cc1nnc(N2CCN(C(=O)OCC(C)C)CC2)s1. The maximum absolute atomic E-state index is 11.8. The number of hydrogen-bond donors (Lipinski definition) is 0. The van der Waals surface area contributed by atoms with Crippen molar-refractivity contribution in [3.8, 4) is 0 Å². The van der Waals surface area contributed by atoms with Crippen molar-refractivity contribution < 1.29 is 9.53 Å². The van der Waals surface area contributed by atoms with Gasteiger partial charge in [-0.05, 0) is 12.8 Å². The Morgan fingerprint density at radius 2 is 2.00 bits per heavy atom. The van der Waals surface area contributed by atoms with Crippen molar-refractivity contribution in [3.05, 3.63) is 5.01 Å². The minimum atomic E-state index is -0.207. The fraction of sp³-hybridized carbons (Fsp3) is 0.750. The van der Waals surface area contributed by atoms with Crippen molar-refractivity contribution in [1.29, 1.82) is 0 Å². The van der Waals surface area contributed by atoms with Gasteiger partial charge in [0.25, 0.3) is 0 Å². The van der Waals surface area contributed by atoms with E-state index < -0.39 is 0 Å². The van der Waals surface area contributed by atoms with Gasteiger partial charge < -0.3 is 14.5 Å². The number of anilines is 1.